The zero-order chi connectivity index (χ0) is 24.6. The van der Waals surface area contributed by atoms with E-state index in [0.29, 0.717) is 50.1 Å². The first-order chi connectivity index (χ1) is 17.0. The highest BCUT2D eigenvalue weighted by Gasteiger charge is 2.26. The number of hydrogen-bond acceptors (Lipinski definition) is 7. The summed E-state index contributed by atoms with van der Waals surface area (Å²) >= 11 is 0. The van der Waals surface area contributed by atoms with Gasteiger partial charge in [-0.05, 0) is 55.5 Å². The summed E-state index contributed by atoms with van der Waals surface area (Å²) in [5, 5.41) is 2.26. The molecular weight excluding hydrogens is 448 g/mol. The minimum Gasteiger partial charge on any atom is -0.463 e. The number of likely N-dealkylation sites (tertiary alicyclic amines) is 1. The van der Waals surface area contributed by atoms with E-state index in [4.69, 9.17) is 18.6 Å². The molecule has 0 spiro atoms. The topological polar surface area (TPSA) is 91.1 Å². The molecule has 3 aromatic rings. The van der Waals surface area contributed by atoms with Crippen molar-refractivity contribution in [2.45, 2.75) is 39.7 Å². The van der Waals surface area contributed by atoms with Crippen LogP contribution in [-0.4, -0.2) is 54.9 Å². The lowest BCUT2D eigenvalue weighted by Gasteiger charge is -2.30. The number of aryl methyl sites for hydroxylation is 1. The molecule has 0 bridgehead atoms. The van der Waals surface area contributed by atoms with Crippen molar-refractivity contribution in [2.24, 2.45) is 5.92 Å². The van der Waals surface area contributed by atoms with E-state index in [1.54, 1.807) is 4.90 Å². The molecule has 4 rings (SSSR count). The fourth-order valence-corrected chi connectivity index (χ4v) is 4.20. The van der Waals surface area contributed by atoms with Gasteiger partial charge in [0.25, 0.3) is 0 Å². The first-order valence-electron chi connectivity index (χ1n) is 12.1. The Morgan fingerprint density at radius 3 is 2.60 bits per heavy atom. The summed E-state index contributed by atoms with van der Waals surface area (Å²) in [7, 11) is 0. The van der Waals surface area contributed by atoms with Crippen molar-refractivity contribution in [2.75, 3.05) is 32.9 Å². The molecule has 0 radical (unpaired) electrons. The number of benzene rings is 2. The summed E-state index contributed by atoms with van der Waals surface area (Å²) in [4.78, 5) is 30.8. The number of ether oxygens (including phenoxy) is 3. The summed E-state index contributed by atoms with van der Waals surface area (Å²) in [6.45, 7) is 6.17. The van der Waals surface area contributed by atoms with Crippen molar-refractivity contribution in [3.63, 3.8) is 0 Å². The average molecular weight is 481 g/mol. The van der Waals surface area contributed by atoms with Crippen molar-refractivity contribution in [1.29, 1.82) is 0 Å². The van der Waals surface area contributed by atoms with Crippen LogP contribution in [0.25, 0.3) is 22.2 Å². The van der Waals surface area contributed by atoms with E-state index in [0.717, 1.165) is 29.2 Å². The smallest absolute Gasteiger partial charge is 0.410 e. The van der Waals surface area contributed by atoms with Crippen molar-refractivity contribution in [3.05, 3.63) is 53.9 Å². The largest absolute Gasteiger partial charge is 0.463 e. The standard InChI is InChI=1S/C27H32N2O6/c1-3-32-14-15-33-25(30)16-20-10-12-29(13-11-20)27(31)34-18-24-19(2)35-26(28-24)23-9-8-21-6-4-5-7-22(21)17-23/h4-9,17,20H,3,10-16,18H2,1-2H3. The van der Waals surface area contributed by atoms with E-state index < -0.39 is 0 Å². The Morgan fingerprint density at radius 1 is 1.06 bits per heavy atom. The number of nitrogens with zero attached hydrogens (tertiary/aromatic N) is 2. The van der Waals surface area contributed by atoms with E-state index in [1.165, 1.54) is 0 Å². The molecule has 1 amide bonds. The lowest BCUT2D eigenvalue weighted by atomic mass is 9.94. The molecule has 1 aromatic heterocycles. The summed E-state index contributed by atoms with van der Waals surface area (Å²) in [5.74, 6) is 1.13. The molecule has 0 unspecified atom stereocenters. The summed E-state index contributed by atoms with van der Waals surface area (Å²) < 4.78 is 21.7. The average Bonchev–Trinajstić information content (AvgIpc) is 3.25. The van der Waals surface area contributed by atoms with Crippen molar-refractivity contribution >= 4 is 22.8 Å². The van der Waals surface area contributed by atoms with E-state index >= 15 is 0 Å². The second-order valence-electron chi connectivity index (χ2n) is 8.69. The van der Waals surface area contributed by atoms with Gasteiger partial charge in [0.1, 0.15) is 24.7 Å². The van der Waals surface area contributed by atoms with Crippen LogP contribution in [0.2, 0.25) is 0 Å². The highest BCUT2D eigenvalue weighted by Crippen LogP contribution is 2.26. The maximum Gasteiger partial charge on any atom is 0.410 e. The van der Waals surface area contributed by atoms with Gasteiger partial charge in [-0.2, -0.15) is 0 Å². The zero-order valence-corrected chi connectivity index (χ0v) is 20.3. The number of fused-ring (bicyclic) bond motifs is 1. The van der Waals surface area contributed by atoms with Gasteiger partial charge >= 0.3 is 12.1 Å². The number of carbonyl (C=O) groups is 2. The Morgan fingerprint density at radius 2 is 1.83 bits per heavy atom. The molecule has 0 N–H and O–H groups in total. The van der Waals surface area contributed by atoms with Crippen LogP contribution in [-0.2, 0) is 25.6 Å². The lowest BCUT2D eigenvalue weighted by molar-refractivity contribution is -0.146. The third kappa shape index (κ3) is 6.60. The molecule has 0 saturated carbocycles. The van der Waals surface area contributed by atoms with Crippen LogP contribution in [0.3, 0.4) is 0 Å². The van der Waals surface area contributed by atoms with Crippen molar-refractivity contribution < 1.29 is 28.2 Å². The first kappa shape index (κ1) is 24.7. The second kappa shape index (κ2) is 11.8. The number of esters is 1. The second-order valence-corrected chi connectivity index (χ2v) is 8.69. The molecule has 1 saturated heterocycles. The number of aromatic nitrogens is 1. The highest BCUT2D eigenvalue weighted by atomic mass is 16.6. The third-order valence-electron chi connectivity index (χ3n) is 6.24. The van der Waals surface area contributed by atoms with Gasteiger partial charge in [-0.3, -0.25) is 4.79 Å². The Kier molecular flexibility index (Phi) is 8.36. The highest BCUT2D eigenvalue weighted by molar-refractivity contribution is 5.86. The molecule has 1 aliphatic rings. The number of rotatable bonds is 9. The van der Waals surface area contributed by atoms with Gasteiger partial charge in [-0.25, -0.2) is 9.78 Å². The van der Waals surface area contributed by atoms with Gasteiger partial charge in [0.05, 0.1) is 6.61 Å². The Labute approximate surface area is 205 Å². The SMILES string of the molecule is CCOCCOC(=O)CC1CCN(C(=O)OCc2nc(-c3ccc4ccccc4c3)oc2C)CC1. The van der Waals surface area contributed by atoms with Crippen molar-refractivity contribution in [1.82, 2.24) is 9.88 Å². The van der Waals surface area contributed by atoms with Gasteiger partial charge in [0.2, 0.25) is 5.89 Å². The normalized spacial score (nSPS) is 14.3. The molecular formula is C27H32N2O6. The molecule has 8 heteroatoms. The molecule has 35 heavy (non-hydrogen) atoms. The number of carbonyl (C=O) groups excluding carboxylic acids is 2. The van der Waals surface area contributed by atoms with E-state index in [2.05, 4.69) is 11.1 Å². The molecule has 1 aliphatic heterocycles. The number of piperidine rings is 1. The third-order valence-corrected chi connectivity index (χ3v) is 6.24. The summed E-state index contributed by atoms with van der Waals surface area (Å²) in [5.41, 5.74) is 1.48. The Hall–Kier alpha value is -3.39. The minimum atomic E-state index is -0.377. The van der Waals surface area contributed by atoms with Crippen LogP contribution in [0.5, 0.6) is 0 Å². The molecule has 0 aliphatic carbocycles. The van der Waals surface area contributed by atoms with E-state index in [-0.39, 0.29) is 31.2 Å². The molecule has 8 nitrogen and oxygen atoms in total. The quantitative estimate of drug-likeness (QED) is 0.310. The summed E-state index contributed by atoms with van der Waals surface area (Å²) in [6.07, 6.45) is 1.47. The van der Waals surface area contributed by atoms with E-state index in [9.17, 15) is 9.59 Å². The van der Waals surface area contributed by atoms with Gasteiger partial charge in [-0.1, -0.05) is 30.3 Å². The van der Waals surface area contributed by atoms with Gasteiger partial charge in [-0.15, -0.1) is 0 Å². The zero-order valence-electron chi connectivity index (χ0n) is 20.3. The maximum atomic E-state index is 12.6. The summed E-state index contributed by atoms with van der Waals surface area (Å²) in [6, 6.07) is 14.2. The molecule has 1 fully saturated rings. The van der Waals surface area contributed by atoms with Gasteiger partial charge < -0.3 is 23.5 Å². The molecule has 186 valence electrons. The predicted octanol–water partition coefficient (Wildman–Crippen LogP) is 5.12. The maximum absolute atomic E-state index is 12.6. The van der Waals surface area contributed by atoms with Crippen LogP contribution < -0.4 is 0 Å². The number of oxazole rings is 1. The number of amides is 1. The van der Waals surface area contributed by atoms with Gasteiger partial charge in [0.15, 0.2) is 0 Å². The lowest BCUT2D eigenvalue weighted by Crippen LogP contribution is -2.39. The Bertz CT molecular complexity index is 1150. The van der Waals surface area contributed by atoms with E-state index in [1.807, 2.05) is 50.2 Å². The van der Waals surface area contributed by atoms with Crippen LogP contribution in [0.15, 0.2) is 46.9 Å². The molecule has 2 aromatic carbocycles. The molecule has 0 atom stereocenters. The first-order valence-corrected chi connectivity index (χ1v) is 12.1. The van der Waals surface area contributed by atoms with Crippen LogP contribution in [0.1, 0.15) is 37.6 Å². The Balaban J connectivity index is 1.24. The fraction of sp³-hybridized carbons (Fsp3) is 0.444. The predicted molar refractivity (Wildman–Crippen MR) is 131 cm³/mol. The monoisotopic (exact) mass is 480 g/mol. The van der Waals surface area contributed by atoms with Crippen LogP contribution in [0.4, 0.5) is 4.79 Å². The van der Waals surface area contributed by atoms with Crippen molar-refractivity contribution in [3.8, 4) is 11.5 Å². The minimum absolute atomic E-state index is 0.0494. The number of hydrogen-bond donors (Lipinski definition) is 0. The molecule has 2 heterocycles. The van der Waals surface area contributed by atoms with Crippen LogP contribution >= 0.6 is 0 Å². The van der Waals surface area contributed by atoms with Crippen LogP contribution in [0, 0.1) is 12.8 Å². The fourth-order valence-electron chi connectivity index (χ4n) is 4.20. The van der Waals surface area contributed by atoms with Gasteiger partial charge in [0, 0.05) is 31.7 Å².